The molecule has 1 aliphatic carbocycles. The minimum Gasteiger partial charge on any atom is -0.382 e. The Kier molecular flexibility index (Phi) is 9.70. The first-order chi connectivity index (χ1) is 13.6. The summed E-state index contributed by atoms with van der Waals surface area (Å²) in [6.07, 6.45) is 6.11. The van der Waals surface area contributed by atoms with Crippen LogP contribution in [-0.4, -0.2) is 56.2 Å². The standard InChI is InChI=1S/C20H35N5O2S/c1-4-21-19(23-12-11-22-18(26)17-16(3)25-15-28-17)24-14-20(8-6-7-9-20)10-13-27-5-2/h15H,4-14H2,1-3H3,(H,22,26)(H2,21,23,24). The van der Waals surface area contributed by atoms with Gasteiger partial charge in [-0.3, -0.25) is 9.79 Å². The number of carbonyl (C=O) groups excluding carboxylic acids is 1. The number of nitrogens with zero attached hydrogens (tertiary/aromatic N) is 2. The fourth-order valence-corrected chi connectivity index (χ4v) is 4.31. The molecule has 2 rings (SSSR count). The molecule has 1 heterocycles. The molecule has 3 N–H and O–H groups in total. The van der Waals surface area contributed by atoms with Gasteiger partial charge in [-0.2, -0.15) is 0 Å². The van der Waals surface area contributed by atoms with Crippen molar-refractivity contribution in [3.63, 3.8) is 0 Å². The SMILES string of the molecule is CCNC(=NCC1(CCOCC)CCCC1)NCCNC(=O)c1scnc1C. The van der Waals surface area contributed by atoms with E-state index in [0.29, 0.717) is 18.0 Å². The maximum Gasteiger partial charge on any atom is 0.263 e. The summed E-state index contributed by atoms with van der Waals surface area (Å²) in [5.74, 6) is 0.748. The van der Waals surface area contributed by atoms with Crippen LogP contribution in [0, 0.1) is 12.3 Å². The highest BCUT2D eigenvalue weighted by atomic mass is 32.1. The molecule has 1 fully saturated rings. The third-order valence-corrected chi connectivity index (χ3v) is 6.14. The molecule has 0 atom stereocenters. The van der Waals surface area contributed by atoms with Gasteiger partial charge in [-0.15, -0.1) is 11.3 Å². The van der Waals surface area contributed by atoms with Crippen LogP contribution in [0.2, 0.25) is 0 Å². The van der Waals surface area contributed by atoms with Crippen LogP contribution in [0.3, 0.4) is 0 Å². The zero-order chi connectivity index (χ0) is 20.2. The van der Waals surface area contributed by atoms with Crippen molar-refractivity contribution in [2.75, 3.05) is 39.4 Å². The molecule has 1 aliphatic rings. The Bertz CT molecular complexity index is 626. The predicted octanol–water partition coefficient (Wildman–Crippen LogP) is 2.72. The predicted molar refractivity (Wildman–Crippen MR) is 115 cm³/mol. The maximum absolute atomic E-state index is 12.1. The van der Waals surface area contributed by atoms with Gasteiger partial charge in [0.2, 0.25) is 0 Å². The van der Waals surface area contributed by atoms with E-state index in [1.807, 2.05) is 13.8 Å². The zero-order valence-electron chi connectivity index (χ0n) is 17.5. The second-order valence-corrected chi connectivity index (χ2v) is 8.15. The number of aryl methyl sites for hydroxylation is 1. The summed E-state index contributed by atoms with van der Waals surface area (Å²) in [6, 6.07) is 0. The Morgan fingerprint density at radius 1 is 1.25 bits per heavy atom. The Labute approximate surface area is 172 Å². The van der Waals surface area contributed by atoms with E-state index in [9.17, 15) is 4.79 Å². The molecule has 1 aromatic heterocycles. The molecule has 0 spiro atoms. The number of guanidine groups is 1. The van der Waals surface area contributed by atoms with Crippen molar-refractivity contribution in [2.24, 2.45) is 10.4 Å². The molecule has 1 aromatic rings. The number of rotatable bonds is 11. The second kappa shape index (κ2) is 12.0. The average molecular weight is 410 g/mol. The number of aliphatic imine (C=N–C) groups is 1. The van der Waals surface area contributed by atoms with E-state index in [2.05, 4.69) is 27.9 Å². The lowest BCUT2D eigenvalue weighted by atomic mass is 9.83. The number of aromatic nitrogens is 1. The van der Waals surface area contributed by atoms with E-state index in [-0.39, 0.29) is 11.3 Å². The fraction of sp³-hybridized carbons (Fsp3) is 0.750. The third kappa shape index (κ3) is 7.05. The largest absolute Gasteiger partial charge is 0.382 e. The first-order valence-electron chi connectivity index (χ1n) is 10.4. The molecule has 0 aromatic carbocycles. The summed E-state index contributed by atoms with van der Waals surface area (Å²) >= 11 is 1.37. The van der Waals surface area contributed by atoms with E-state index in [4.69, 9.17) is 9.73 Å². The molecule has 8 heteroatoms. The number of ether oxygens (including phenoxy) is 1. The van der Waals surface area contributed by atoms with Crippen molar-refractivity contribution in [1.29, 1.82) is 0 Å². The van der Waals surface area contributed by atoms with Crippen LogP contribution in [0.25, 0.3) is 0 Å². The molecule has 158 valence electrons. The van der Waals surface area contributed by atoms with Crippen LogP contribution in [0.15, 0.2) is 10.5 Å². The zero-order valence-corrected chi connectivity index (χ0v) is 18.3. The number of hydrogen-bond acceptors (Lipinski definition) is 5. The lowest BCUT2D eigenvalue weighted by Crippen LogP contribution is -2.42. The van der Waals surface area contributed by atoms with E-state index >= 15 is 0 Å². The first kappa shape index (κ1) is 22.6. The van der Waals surface area contributed by atoms with E-state index in [1.165, 1.54) is 37.0 Å². The van der Waals surface area contributed by atoms with Gasteiger partial charge in [0.05, 0.1) is 11.2 Å². The van der Waals surface area contributed by atoms with Crippen molar-refractivity contribution in [2.45, 2.75) is 52.9 Å². The van der Waals surface area contributed by atoms with Gasteiger partial charge in [0, 0.05) is 39.4 Å². The smallest absolute Gasteiger partial charge is 0.263 e. The van der Waals surface area contributed by atoms with E-state index in [0.717, 1.165) is 44.4 Å². The highest BCUT2D eigenvalue weighted by Gasteiger charge is 2.33. The summed E-state index contributed by atoms with van der Waals surface area (Å²) in [6.45, 7) is 10.3. The molecule has 1 amide bonds. The van der Waals surface area contributed by atoms with Gasteiger partial charge < -0.3 is 20.7 Å². The molecular weight excluding hydrogens is 374 g/mol. The summed E-state index contributed by atoms with van der Waals surface area (Å²) in [5, 5.41) is 9.56. The lowest BCUT2D eigenvalue weighted by Gasteiger charge is -2.27. The van der Waals surface area contributed by atoms with Crippen LogP contribution in [0.1, 0.15) is 61.3 Å². The van der Waals surface area contributed by atoms with Crippen molar-refractivity contribution in [3.05, 3.63) is 16.1 Å². The summed E-state index contributed by atoms with van der Waals surface area (Å²) in [5.41, 5.74) is 2.75. The van der Waals surface area contributed by atoms with Gasteiger partial charge in [-0.1, -0.05) is 12.8 Å². The third-order valence-electron chi connectivity index (χ3n) is 5.22. The number of carbonyl (C=O) groups is 1. The molecule has 0 radical (unpaired) electrons. The van der Waals surface area contributed by atoms with Gasteiger partial charge in [0.25, 0.3) is 5.91 Å². The topological polar surface area (TPSA) is 87.6 Å². The quantitative estimate of drug-likeness (QED) is 0.297. The van der Waals surface area contributed by atoms with Gasteiger partial charge in [-0.25, -0.2) is 4.98 Å². The van der Waals surface area contributed by atoms with Crippen LogP contribution in [-0.2, 0) is 4.74 Å². The molecule has 7 nitrogen and oxygen atoms in total. The highest BCUT2D eigenvalue weighted by molar-refractivity contribution is 7.11. The van der Waals surface area contributed by atoms with Gasteiger partial charge in [0.1, 0.15) is 4.88 Å². The van der Waals surface area contributed by atoms with Crippen LogP contribution >= 0.6 is 11.3 Å². The second-order valence-electron chi connectivity index (χ2n) is 7.30. The monoisotopic (exact) mass is 409 g/mol. The van der Waals surface area contributed by atoms with E-state index < -0.39 is 0 Å². The molecule has 0 saturated heterocycles. The lowest BCUT2D eigenvalue weighted by molar-refractivity contribution is 0.0957. The number of hydrogen-bond donors (Lipinski definition) is 3. The summed E-state index contributed by atoms with van der Waals surface area (Å²) in [7, 11) is 0. The Balaban J connectivity index is 1.80. The Morgan fingerprint density at radius 2 is 2.00 bits per heavy atom. The number of thiazole rings is 1. The van der Waals surface area contributed by atoms with Crippen molar-refractivity contribution < 1.29 is 9.53 Å². The molecule has 1 saturated carbocycles. The van der Waals surface area contributed by atoms with Gasteiger partial charge in [0.15, 0.2) is 5.96 Å². The van der Waals surface area contributed by atoms with E-state index in [1.54, 1.807) is 5.51 Å². The van der Waals surface area contributed by atoms with Crippen LogP contribution < -0.4 is 16.0 Å². The van der Waals surface area contributed by atoms with Gasteiger partial charge in [-0.05, 0) is 45.4 Å². The average Bonchev–Trinajstić information content (AvgIpc) is 3.33. The Hall–Kier alpha value is -1.67. The maximum atomic E-state index is 12.1. The Morgan fingerprint density at radius 3 is 2.64 bits per heavy atom. The molecule has 0 unspecified atom stereocenters. The minimum atomic E-state index is -0.0652. The van der Waals surface area contributed by atoms with Crippen molar-refractivity contribution in [1.82, 2.24) is 20.9 Å². The number of nitrogens with one attached hydrogen (secondary N) is 3. The summed E-state index contributed by atoms with van der Waals surface area (Å²) in [4.78, 5) is 21.8. The molecule has 28 heavy (non-hydrogen) atoms. The first-order valence-corrected chi connectivity index (χ1v) is 11.3. The minimum absolute atomic E-state index is 0.0652. The van der Waals surface area contributed by atoms with Crippen LogP contribution in [0.4, 0.5) is 0 Å². The molecular formula is C20H35N5O2S. The molecule has 0 aliphatic heterocycles. The summed E-state index contributed by atoms with van der Waals surface area (Å²) < 4.78 is 5.59. The normalized spacial score (nSPS) is 16.2. The van der Waals surface area contributed by atoms with Crippen molar-refractivity contribution >= 4 is 23.2 Å². The molecule has 0 bridgehead atoms. The number of amides is 1. The fourth-order valence-electron chi connectivity index (χ4n) is 3.59. The highest BCUT2D eigenvalue weighted by Crippen LogP contribution is 2.41. The van der Waals surface area contributed by atoms with Crippen molar-refractivity contribution in [3.8, 4) is 0 Å². The van der Waals surface area contributed by atoms with Crippen LogP contribution in [0.5, 0.6) is 0 Å². The van der Waals surface area contributed by atoms with Gasteiger partial charge >= 0.3 is 0 Å².